The summed E-state index contributed by atoms with van der Waals surface area (Å²) in [5, 5.41) is 10.4. The summed E-state index contributed by atoms with van der Waals surface area (Å²) in [5.74, 6) is 0.585. The van der Waals surface area contributed by atoms with Gasteiger partial charge >= 0.3 is 0 Å². The lowest BCUT2D eigenvalue weighted by Gasteiger charge is -2.46. The number of halogens is 1. The molecule has 0 aromatic heterocycles. The zero-order valence-corrected chi connectivity index (χ0v) is 18.2. The van der Waals surface area contributed by atoms with E-state index in [1.54, 1.807) is 14.2 Å². The van der Waals surface area contributed by atoms with Gasteiger partial charge in [-0.05, 0) is 56.7 Å². The Kier molecular flexibility index (Phi) is 5.77. The molecule has 1 atom stereocenters. The van der Waals surface area contributed by atoms with Crippen molar-refractivity contribution in [3.63, 3.8) is 0 Å². The Morgan fingerprint density at radius 2 is 1.74 bits per heavy atom. The molecule has 31 heavy (non-hydrogen) atoms. The van der Waals surface area contributed by atoms with Crippen LogP contribution in [-0.4, -0.2) is 46.0 Å². The molecular weight excluding hydrogens is 397 g/mol. The fraction of sp³-hybridized carbons (Fsp3) is 0.435. The van der Waals surface area contributed by atoms with Gasteiger partial charge in [0, 0.05) is 23.5 Å². The Labute approximate surface area is 182 Å². The number of methoxy groups -OCH3 is 2. The highest BCUT2D eigenvalue weighted by Crippen LogP contribution is 2.44. The number of hydrogen-bond acceptors (Lipinski definition) is 7. The van der Waals surface area contributed by atoms with Gasteiger partial charge in [0.05, 0.1) is 19.9 Å². The van der Waals surface area contributed by atoms with E-state index in [1.807, 2.05) is 31.3 Å². The van der Waals surface area contributed by atoms with Crippen LogP contribution in [0, 0.1) is 5.82 Å². The van der Waals surface area contributed by atoms with E-state index in [9.17, 15) is 4.39 Å². The molecule has 5 N–H and O–H groups in total. The van der Waals surface area contributed by atoms with Crippen molar-refractivity contribution in [3.05, 3.63) is 53.3 Å². The van der Waals surface area contributed by atoms with Crippen LogP contribution >= 0.6 is 0 Å². The summed E-state index contributed by atoms with van der Waals surface area (Å²) in [6.45, 7) is 1.77. The van der Waals surface area contributed by atoms with Gasteiger partial charge in [0.25, 0.3) is 0 Å². The molecule has 1 unspecified atom stereocenters. The molecular formula is C23H30FN5O2. The summed E-state index contributed by atoms with van der Waals surface area (Å²) in [7, 11) is 5.07. The molecule has 2 aromatic carbocycles. The van der Waals surface area contributed by atoms with Crippen LogP contribution in [0.3, 0.4) is 0 Å². The van der Waals surface area contributed by atoms with Gasteiger partial charge < -0.3 is 25.8 Å². The van der Waals surface area contributed by atoms with E-state index in [0.717, 1.165) is 42.7 Å². The molecule has 0 spiro atoms. The number of rotatable bonds is 6. The number of piperidine rings is 1. The summed E-state index contributed by atoms with van der Waals surface area (Å²) >= 11 is 0. The van der Waals surface area contributed by atoms with Gasteiger partial charge in [-0.25, -0.2) is 9.38 Å². The van der Waals surface area contributed by atoms with Crippen LogP contribution in [0.4, 0.5) is 10.1 Å². The van der Waals surface area contributed by atoms with Crippen molar-refractivity contribution in [2.45, 2.75) is 30.5 Å². The molecule has 8 heteroatoms. The fourth-order valence-corrected chi connectivity index (χ4v) is 4.77. The summed E-state index contributed by atoms with van der Waals surface area (Å²) in [4.78, 5) is 4.87. The Morgan fingerprint density at radius 1 is 1.10 bits per heavy atom. The van der Waals surface area contributed by atoms with E-state index in [2.05, 4.69) is 16.0 Å². The van der Waals surface area contributed by atoms with Crippen molar-refractivity contribution in [1.29, 1.82) is 0 Å². The number of fused-ring (bicyclic) bond motifs is 1. The number of amidine groups is 1. The molecule has 0 saturated carbocycles. The maximum absolute atomic E-state index is 13.6. The highest BCUT2D eigenvalue weighted by atomic mass is 19.1. The second-order valence-corrected chi connectivity index (χ2v) is 8.20. The van der Waals surface area contributed by atoms with Crippen molar-refractivity contribution in [2.75, 3.05) is 39.7 Å². The van der Waals surface area contributed by atoms with Crippen molar-refractivity contribution in [3.8, 4) is 11.5 Å². The molecule has 0 bridgehead atoms. The Morgan fingerprint density at radius 3 is 2.35 bits per heavy atom. The van der Waals surface area contributed by atoms with E-state index in [0.29, 0.717) is 23.8 Å². The van der Waals surface area contributed by atoms with Gasteiger partial charge in [0.15, 0.2) is 17.3 Å². The minimum absolute atomic E-state index is 0.188. The third-order valence-electron chi connectivity index (χ3n) is 6.48. The highest BCUT2D eigenvalue weighted by Gasteiger charge is 2.44. The minimum atomic E-state index is -0.817. The van der Waals surface area contributed by atoms with E-state index >= 15 is 0 Å². The van der Waals surface area contributed by atoms with Gasteiger partial charge in [-0.3, -0.25) is 5.32 Å². The van der Waals surface area contributed by atoms with Crippen LogP contribution in [-0.2, 0) is 5.41 Å². The summed E-state index contributed by atoms with van der Waals surface area (Å²) in [6, 6.07) is 10.6. The minimum Gasteiger partial charge on any atom is -0.493 e. The number of nitrogens with two attached hydrogens (primary N) is 1. The first-order chi connectivity index (χ1) is 14.9. The molecule has 2 aliphatic rings. The van der Waals surface area contributed by atoms with E-state index in [4.69, 9.17) is 20.2 Å². The Bertz CT molecular complexity index is 973. The van der Waals surface area contributed by atoms with Crippen LogP contribution in [0.1, 0.15) is 30.4 Å². The van der Waals surface area contributed by atoms with Crippen molar-refractivity contribution in [2.24, 2.45) is 10.7 Å². The zero-order chi connectivity index (χ0) is 22.1. The topological polar surface area (TPSA) is 92.9 Å². The second kappa shape index (κ2) is 8.36. The van der Waals surface area contributed by atoms with Crippen LogP contribution in [0.15, 0.2) is 41.4 Å². The Hall–Kier alpha value is -2.84. The van der Waals surface area contributed by atoms with E-state index < -0.39 is 5.79 Å². The molecule has 0 amide bonds. The van der Waals surface area contributed by atoms with Crippen LogP contribution in [0.2, 0.25) is 0 Å². The average Bonchev–Trinajstić information content (AvgIpc) is 2.79. The SMILES string of the molecule is CNC1(CC2(c3ccc(F)cc3)CCNCC2)N=C(N)c2cc(OC)c(OC)cc2N1. The predicted molar refractivity (Wildman–Crippen MR) is 120 cm³/mol. The number of ether oxygens (including phenoxy) is 2. The highest BCUT2D eigenvalue weighted by molar-refractivity contribution is 6.05. The summed E-state index contributed by atoms with van der Waals surface area (Å²) < 4.78 is 24.5. The first-order valence-corrected chi connectivity index (χ1v) is 10.5. The van der Waals surface area contributed by atoms with Gasteiger partial charge in [0.1, 0.15) is 11.7 Å². The van der Waals surface area contributed by atoms with Gasteiger partial charge in [-0.1, -0.05) is 12.1 Å². The van der Waals surface area contributed by atoms with E-state index in [-0.39, 0.29) is 11.2 Å². The Balaban J connectivity index is 1.75. The lowest BCUT2D eigenvalue weighted by molar-refractivity contribution is 0.216. The van der Waals surface area contributed by atoms with Gasteiger partial charge in [-0.2, -0.15) is 0 Å². The molecule has 0 aliphatic carbocycles. The summed E-state index contributed by atoms with van der Waals surface area (Å²) in [5.41, 5.74) is 8.94. The number of anilines is 1. The number of nitrogens with one attached hydrogen (secondary N) is 3. The monoisotopic (exact) mass is 427 g/mol. The zero-order valence-electron chi connectivity index (χ0n) is 18.2. The van der Waals surface area contributed by atoms with E-state index in [1.165, 1.54) is 12.1 Å². The lowest BCUT2D eigenvalue weighted by Crippen LogP contribution is -2.57. The first-order valence-electron chi connectivity index (χ1n) is 10.5. The first kappa shape index (κ1) is 21.4. The fourth-order valence-electron chi connectivity index (χ4n) is 4.77. The largest absolute Gasteiger partial charge is 0.493 e. The van der Waals surface area contributed by atoms with Crippen LogP contribution in [0.25, 0.3) is 0 Å². The standard InChI is InChI=1S/C23H30FN5O2/c1-26-23(14-22(8-10-27-11-9-22)15-4-6-16(24)7-5-15)28-18-13-20(31-3)19(30-2)12-17(18)21(25)29-23/h4-7,12-13,26-28H,8-11,14H2,1-3H3,(H2,25,29). The van der Waals surface area contributed by atoms with Gasteiger partial charge in [0.2, 0.25) is 0 Å². The normalized spacial score (nSPS) is 22.1. The molecule has 1 saturated heterocycles. The molecule has 2 heterocycles. The smallest absolute Gasteiger partial charge is 0.187 e. The number of hydrogen-bond donors (Lipinski definition) is 4. The van der Waals surface area contributed by atoms with Crippen molar-refractivity contribution < 1.29 is 13.9 Å². The molecule has 166 valence electrons. The average molecular weight is 428 g/mol. The van der Waals surface area contributed by atoms with Gasteiger partial charge in [-0.15, -0.1) is 0 Å². The number of aliphatic imine (C=N–C) groups is 1. The molecule has 7 nitrogen and oxygen atoms in total. The quantitative estimate of drug-likeness (QED) is 0.566. The second-order valence-electron chi connectivity index (χ2n) is 8.20. The number of nitrogens with zero attached hydrogens (tertiary/aromatic N) is 1. The maximum atomic E-state index is 13.6. The predicted octanol–water partition coefficient (Wildman–Crippen LogP) is 2.56. The molecule has 1 fully saturated rings. The lowest BCUT2D eigenvalue weighted by atomic mass is 9.69. The van der Waals surface area contributed by atoms with Crippen molar-refractivity contribution in [1.82, 2.24) is 10.6 Å². The number of benzene rings is 2. The maximum Gasteiger partial charge on any atom is 0.187 e. The molecule has 4 rings (SSSR count). The molecule has 2 aromatic rings. The van der Waals surface area contributed by atoms with Crippen molar-refractivity contribution >= 4 is 11.5 Å². The summed E-state index contributed by atoms with van der Waals surface area (Å²) in [6.07, 6.45) is 2.48. The third kappa shape index (κ3) is 3.93. The van der Waals surface area contributed by atoms with Crippen LogP contribution in [0.5, 0.6) is 11.5 Å². The third-order valence-corrected chi connectivity index (χ3v) is 6.48. The van der Waals surface area contributed by atoms with Crippen LogP contribution < -0.4 is 31.2 Å². The molecule has 0 radical (unpaired) electrons. The molecule has 2 aliphatic heterocycles.